The van der Waals surface area contributed by atoms with Crippen LogP contribution in [-0.4, -0.2) is 14.3 Å². The van der Waals surface area contributed by atoms with Gasteiger partial charge in [-0.1, -0.05) is 41.4 Å². The van der Waals surface area contributed by atoms with Crippen molar-refractivity contribution in [1.29, 1.82) is 0 Å². The van der Waals surface area contributed by atoms with Crippen LogP contribution >= 0.6 is 23.2 Å². The third-order valence-electron chi connectivity index (χ3n) is 3.99. The number of nitrogens with one attached hydrogen (secondary N) is 2. The van der Waals surface area contributed by atoms with Gasteiger partial charge in [-0.3, -0.25) is 9.52 Å². The Hall–Kier alpha value is -2.54. The SMILES string of the molecule is Cc1ccccc1C(=O)Nc1ccc(S(=O)(=O)Nc2ccc(Cl)cc2Cl)cc1. The van der Waals surface area contributed by atoms with Gasteiger partial charge in [-0.05, 0) is 61.0 Å². The molecule has 3 aromatic carbocycles. The summed E-state index contributed by atoms with van der Waals surface area (Å²) in [5.74, 6) is -0.264. The smallest absolute Gasteiger partial charge is 0.261 e. The standard InChI is InChI=1S/C20H16Cl2N2O3S/c1-13-4-2-3-5-17(13)20(25)23-15-7-9-16(10-8-15)28(26,27)24-19-11-6-14(21)12-18(19)22/h2-12,24H,1H3,(H,23,25). The van der Waals surface area contributed by atoms with Crippen LogP contribution in [0.15, 0.2) is 71.6 Å². The fraction of sp³-hybridized carbons (Fsp3) is 0.0500. The van der Waals surface area contributed by atoms with Gasteiger partial charge in [-0.2, -0.15) is 0 Å². The molecule has 3 aromatic rings. The second kappa shape index (κ2) is 8.22. The van der Waals surface area contributed by atoms with E-state index < -0.39 is 10.0 Å². The molecule has 0 fully saturated rings. The van der Waals surface area contributed by atoms with Gasteiger partial charge in [0.1, 0.15) is 0 Å². The first-order valence-electron chi connectivity index (χ1n) is 8.21. The number of carbonyl (C=O) groups excluding carboxylic acids is 1. The van der Waals surface area contributed by atoms with Crippen molar-refractivity contribution < 1.29 is 13.2 Å². The van der Waals surface area contributed by atoms with E-state index in [4.69, 9.17) is 23.2 Å². The Morgan fingerprint density at radius 2 is 1.61 bits per heavy atom. The lowest BCUT2D eigenvalue weighted by Gasteiger charge is -2.11. The fourth-order valence-corrected chi connectivity index (χ4v) is 4.11. The van der Waals surface area contributed by atoms with Crippen molar-refractivity contribution >= 4 is 50.5 Å². The number of carbonyl (C=O) groups is 1. The van der Waals surface area contributed by atoms with Crippen LogP contribution in [0.3, 0.4) is 0 Å². The number of anilines is 2. The van der Waals surface area contributed by atoms with Gasteiger partial charge < -0.3 is 5.32 Å². The summed E-state index contributed by atoms with van der Waals surface area (Å²) in [6.45, 7) is 1.85. The highest BCUT2D eigenvalue weighted by molar-refractivity contribution is 7.92. The molecule has 0 bridgehead atoms. The maximum Gasteiger partial charge on any atom is 0.261 e. The Balaban J connectivity index is 1.76. The van der Waals surface area contributed by atoms with Crippen molar-refractivity contribution in [1.82, 2.24) is 0 Å². The van der Waals surface area contributed by atoms with Crippen LogP contribution in [0.5, 0.6) is 0 Å². The average molecular weight is 435 g/mol. The molecular weight excluding hydrogens is 419 g/mol. The van der Waals surface area contributed by atoms with Crippen molar-refractivity contribution in [3.05, 3.63) is 87.9 Å². The minimum absolute atomic E-state index is 0.0346. The molecule has 8 heteroatoms. The number of hydrogen-bond acceptors (Lipinski definition) is 3. The molecule has 0 atom stereocenters. The van der Waals surface area contributed by atoms with E-state index in [-0.39, 0.29) is 21.5 Å². The zero-order valence-corrected chi connectivity index (χ0v) is 17.1. The summed E-state index contributed by atoms with van der Waals surface area (Å²) >= 11 is 11.8. The summed E-state index contributed by atoms with van der Waals surface area (Å²) < 4.78 is 27.5. The molecule has 0 aliphatic carbocycles. The first kappa shape index (κ1) is 20.2. The number of aryl methyl sites for hydroxylation is 1. The van der Waals surface area contributed by atoms with Crippen LogP contribution in [0.2, 0.25) is 10.0 Å². The second-order valence-electron chi connectivity index (χ2n) is 6.02. The molecule has 28 heavy (non-hydrogen) atoms. The predicted molar refractivity (Wildman–Crippen MR) is 113 cm³/mol. The summed E-state index contributed by atoms with van der Waals surface area (Å²) in [7, 11) is -3.84. The highest BCUT2D eigenvalue weighted by atomic mass is 35.5. The Morgan fingerprint density at radius 1 is 0.929 bits per heavy atom. The van der Waals surface area contributed by atoms with Gasteiger partial charge in [0.2, 0.25) is 0 Å². The van der Waals surface area contributed by atoms with Crippen LogP contribution in [0.25, 0.3) is 0 Å². The van der Waals surface area contributed by atoms with E-state index in [0.29, 0.717) is 16.3 Å². The van der Waals surface area contributed by atoms with Gasteiger partial charge in [-0.25, -0.2) is 8.42 Å². The van der Waals surface area contributed by atoms with Crippen molar-refractivity contribution in [3.63, 3.8) is 0 Å². The van der Waals surface area contributed by atoms with Crippen molar-refractivity contribution in [2.24, 2.45) is 0 Å². The number of halogens is 2. The van der Waals surface area contributed by atoms with Gasteiger partial charge in [0, 0.05) is 16.3 Å². The van der Waals surface area contributed by atoms with Gasteiger partial charge >= 0.3 is 0 Å². The molecule has 5 nitrogen and oxygen atoms in total. The largest absolute Gasteiger partial charge is 0.322 e. The lowest BCUT2D eigenvalue weighted by molar-refractivity contribution is 0.102. The first-order chi connectivity index (χ1) is 13.3. The molecule has 0 aliphatic heterocycles. The molecule has 1 amide bonds. The van der Waals surface area contributed by atoms with Crippen LogP contribution in [0.4, 0.5) is 11.4 Å². The minimum atomic E-state index is -3.84. The summed E-state index contributed by atoms with van der Waals surface area (Å²) in [4.78, 5) is 12.4. The molecule has 2 N–H and O–H groups in total. The molecule has 0 aromatic heterocycles. The number of sulfonamides is 1. The fourth-order valence-electron chi connectivity index (χ4n) is 2.52. The third kappa shape index (κ3) is 4.65. The van der Waals surface area contributed by atoms with Gasteiger partial charge in [0.05, 0.1) is 15.6 Å². The predicted octanol–water partition coefficient (Wildman–Crippen LogP) is 5.35. The van der Waals surface area contributed by atoms with Crippen LogP contribution in [-0.2, 0) is 10.0 Å². The molecular formula is C20H16Cl2N2O3S. The topological polar surface area (TPSA) is 75.3 Å². The van der Waals surface area contributed by atoms with Gasteiger partial charge in [-0.15, -0.1) is 0 Å². The normalized spacial score (nSPS) is 11.1. The van der Waals surface area contributed by atoms with E-state index in [9.17, 15) is 13.2 Å². The van der Waals surface area contributed by atoms with Crippen LogP contribution in [0.1, 0.15) is 15.9 Å². The Morgan fingerprint density at radius 3 is 2.25 bits per heavy atom. The highest BCUT2D eigenvalue weighted by Crippen LogP contribution is 2.28. The number of benzene rings is 3. The minimum Gasteiger partial charge on any atom is -0.322 e. The molecule has 0 radical (unpaired) electrons. The summed E-state index contributed by atoms with van der Waals surface area (Å²) in [5.41, 5.74) is 2.11. The second-order valence-corrected chi connectivity index (χ2v) is 8.55. The van der Waals surface area contributed by atoms with Crippen molar-refractivity contribution in [3.8, 4) is 0 Å². The Labute approximate surface area is 173 Å². The lowest BCUT2D eigenvalue weighted by Crippen LogP contribution is -2.15. The quantitative estimate of drug-likeness (QED) is 0.567. The summed E-state index contributed by atoms with van der Waals surface area (Å²) in [5, 5.41) is 3.35. The van der Waals surface area contributed by atoms with Crippen LogP contribution in [0, 0.1) is 6.92 Å². The Kier molecular flexibility index (Phi) is 5.93. The highest BCUT2D eigenvalue weighted by Gasteiger charge is 2.16. The van der Waals surface area contributed by atoms with Crippen molar-refractivity contribution in [2.75, 3.05) is 10.0 Å². The van der Waals surface area contributed by atoms with Crippen molar-refractivity contribution in [2.45, 2.75) is 11.8 Å². The van der Waals surface area contributed by atoms with E-state index in [2.05, 4.69) is 10.0 Å². The molecule has 0 spiro atoms. The van der Waals surface area contributed by atoms with Gasteiger partial charge in [0.25, 0.3) is 15.9 Å². The zero-order valence-electron chi connectivity index (χ0n) is 14.7. The molecule has 0 saturated carbocycles. The number of hydrogen-bond donors (Lipinski definition) is 2. The molecule has 144 valence electrons. The number of rotatable bonds is 5. The molecule has 0 saturated heterocycles. The van der Waals surface area contributed by atoms with E-state index in [0.717, 1.165) is 5.56 Å². The van der Waals surface area contributed by atoms with Crippen LogP contribution < -0.4 is 10.0 Å². The summed E-state index contributed by atoms with van der Waals surface area (Å²) in [6, 6.07) is 17.5. The zero-order chi connectivity index (χ0) is 20.3. The maximum atomic E-state index is 12.5. The molecule has 3 rings (SSSR count). The van der Waals surface area contributed by atoms with E-state index in [1.54, 1.807) is 12.1 Å². The Bertz CT molecular complexity index is 1130. The molecule has 0 aliphatic rings. The van der Waals surface area contributed by atoms with E-state index in [1.807, 2.05) is 19.1 Å². The molecule has 0 unspecified atom stereocenters. The first-order valence-corrected chi connectivity index (χ1v) is 10.4. The monoisotopic (exact) mass is 434 g/mol. The maximum absolute atomic E-state index is 12.5. The number of amides is 1. The van der Waals surface area contributed by atoms with Gasteiger partial charge in [0.15, 0.2) is 0 Å². The summed E-state index contributed by atoms with van der Waals surface area (Å²) in [6.07, 6.45) is 0. The average Bonchev–Trinajstić information content (AvgIpc) is 2.65. The van der Waals surface area contributed by atoms with E-state index in [1.165, 1.54) is 42.5 Å². The lowest BCUT2D eigenvalue weighted by atomic mass is 10.1. The third-order valence-corrected chi connectivity index (χ3v) is 5.92. The molecule has 0 heterocycles. The van der Waals surface area contributed by atoms with E-state index >= 15 is 0 Å².